The van der Waals surface area contributed by atoms with Crippen LogP contribution in [0.5, 0.6) is 0 Å². The lowest BCUT2D eigenvalue weighted by Crippen LogP contribution is -2.44. The summed E-state index contributed by atoms with van der Waals surface area (Å²) in [4.78, 5) is 16.3. The Morgan fingerprint density at radius 1 is 1.44 bits per heavy atom. The number of nitrogens with zero attached hydrogens (tertiary/aromatic N) is 2. The Morgan fingerprint density at radius 3 is 2.72 bits per heavy atom. The van der Waals surface area contributed by atoms with E-state index in [2.05, 4.69) is 15.5 Å². The van der Waals surface area contributed by atoms with Crippen LogP contribution in [0.25, 0.3) is 0 Å². The summed E-state index contributed by atoms with van der Waals surface area (Å²) in [5.41, 5.74) is -0.298. The maximum atomic E-state index is 12.3. The third-order valence-corrected chi connectivity index (χ3v) is 3.58. The lowest BCUT2D eigenvalue weighted by atomic mass is 9.77. The van der Waals surface area contributed by atoms with Gasteiger partial charge in [0.2, 0.25) is 11.8 Å². The minimum absolute atomic E-state index is 0.0594. The number of ether oxygens (including phenoxy) is 1. The average molecular weight is 253 g/mol. The van der Waals surface area contributed by atoms with Crippen LogP contribution in [0.1, 0.15) is 37.9 Å². The van der Waals surface area contributed by atoms with Crippen molar-refractivity contribution in [3.8, 4) is 0 Å². The van der Waals surface area contributed by atoms with Crippen molar-refractivity contribution in [3.63, 3.8) is 0 Å². The molecular formula is C12H19N3O3. The summed E-state index contributed by atoms with van der Waals surface area (Å²) < 4.78 is 10.3. The third-order valence-electron chi connectivity index (χ3n) is 3.58. The van der Waals surface area contributed by atoms with Gasteiger partial charge in [-0.1, -0.05) is 12.1 Å². The molecule has 100 valence electrons. The number of hydrogen-bond donors (Lipinski definition) is 1. The fourth-order valence-electron chi connectivity index (χ4n) is 2.26. The standard InChI is InChI=1S/C12H19N3O3/c1-3-12(4-6-17-7-5-12)11(16)13-8-10-14-9(2)15-18-10/h3-8H2,1-2H3,(H,13,16). The zero-order valence-corrected chi connectivity index (χ0v) is 10.9. The summed E-state index contributed by atoms with van der Waals surface area (Å²) in [5, 5.41) is 6.57. The number of rotatable bonds is 4. The largest absolute Gasteiger partial charge is 0.381 e. The minimum Gasteiger partial charge on any atom is -0.381 e. The Hall–Kier alpha value is -1.43. The summed E-state index contributed by atoms with van der Waals surface area (Å²) in [7, 11) is 0. The summed E-state index contributed by atoms with van der Waals surface area (Å²) in [6.07, 6.45) is 2.38. The molecule has 1 fully saturated rings. The van der Waals surface area contributed by atoms with Crippen LogP contribution in [-0.4, -0.2) is 29.3 Å². The van der Waals surface area contributed by atoms with Crippen molar-refractivity contribution in [2.24, 2.45) is 5.41 Å². The average Bonchev–Trinajstić information content (AvgIpc) is 2.82. The van der Waals surface area contributed by atoms with Gasteiger partial charge < -0.3 is 14.6 Å². The van der Waals surface area contributed by atoms with Crippen molar-refractivity contribution in [2.75, 3.05) is 13.2 Å². The zero-order valence-electron chi connectivity index (χ0n) is 10.9. The van der Waals surface area contributed by atoms with E-state index < -0.39 is 0 Å². The van der Waals surface area contributed by atoms with E-state index in [1.807, 2.05) is 6.92 Å². The van der Waals surface area contributed by atoms with Crippen LogP contribution in [0.15, 0.2) is 4.52 Å². The molecule has 0 radical (unpaired) electrons. The summed E-state index contributed by atoms with van der Waals surface area (Å²) in [6.45, 7) is 5.40. The molecule has 1 aliphatic heterocycles. The van der Waals surface area contributed by atoms with Crippen LogP contribution in [0, 0.1) is 12.3 Å². The number of carbonyl (C=O) groups excluding carboxylic acids is 1. The molecule has 1 amide bonds. The van der Waals surface area contributed by atoms with Crippen LogP contribution < -0.4 is 5.32 Å². The predicted molar refractivity (Wildman–Crippen MR) is 63.7 cm³/mol. The minimum atomic E-state index is -0.298. The normalized spacial score (nSPS) is 18.6. The van der Waals surface area contributed by atoms with E-state index in [-0.39, 0.29) is 11.3 Å². The molecule has 6 nitrogen and oxygen atoms in total. The van der Waals surface area contributed by atoms with Crippen LogP contribution in [0.2, 0.25) is 0 Å². The maximum Gasteiger partial charge on any atom is 0.246 e. The van der Waals surface area contributed by atoms with E-state index in [1.54, 1.807) is 6.92 Å². The highest BCUT2D eigenvalue weighted by Crippen LogP contribution is 2.34. The van der Waals surface area contributed by atoms with Gasteiger partial charge in [0.1, 0.15) is 0 Å². The lowest BCUT2D eigenvalue weighted by Gasteiger charge is -2.34. The monoisotopic (exact) mass is 253 g/mol. The molecule has 1 aromatic heterocycles. The molecule has 6 heteroatoms. The van der Waals surface area contributed by atoms with Gasteiger partial charge in [0, 0.05) is 13.2 Å². The van der Waals surface area contributed by atoms with E-state index in [4.69, 9.17) is 9.26 Å². The highest BCUT2D eigenvalue weighted by molar-refractivity contribution is 5.82. The first kappa shape index (κ1) is 13.0. The van der Waals surface area contributed by atoms with Crippen molar-refractivity contribution in [1.82, 2.24) is 15.5 Å². The molecule has 0 atom stereocenters. The van der Waals surface area contributed by atoms with Gasteiger partial charge >= 0.3 is 0 Å². The quantitative estimate of drug-likeness (QED) is 0.872. The van der Waals surface area contributed by atoms with E-state index in [0.29, 0.717) is 31.5 Å². The first-order chi connectivity index (χ1) is 8.66. The number of hydrogen-bond acceptors (Lipinski definition) is 5. The molecule has 0 aliphatic carbocycles. The molecule has 1 aliphatic rings. The number of aryl methyl sites for hydroxylation is 1. The van der Waals surface area contributed by atoms with Gasteiger partial charge in [-0.25, -0.2) is 0 Å². The maximum absolute atomic E-state index is 12.3. The first-order valence-corrected chi connectivity index (χ1v) is 6.31. The van der Waals surface area contributed by atoms with E-state index >= 15 is 0 Å². The SMILES string of the molecule is CCC1(C(=O)NCc2nc(C)no2)CCOCC1. The number of carbonyl (C=O) groups is 1. The lowest BCUT2D eigenvalue weighted by molar-refractivity contribution is -0.137. The van der Waals surface area contributed by atoms with Crippen molar-refractivity contribution in [2.45, 2.75) is 39.7 Å². The van der Waals surface area contributed by atoms with Crippen molar-refractivity contribution in [1.29, 1.82) is 0 Å². The molecular weight excluding hydrogens is 234 g/mol. The van der Waals surface area contributed by atoms with Crippen LogP contribution in [-0.2, 0) is 16.1 Å². The number of nitrogens with one attached hydrogen (secondary N) is 1. The summed E-state index contributed by atoms with van der Waals surface area (Å²) in [6, 6.07) is 0. The molecule has 0 unspecified atom stereocenters. The van der Waals surface area contributed by atoms with Crippen molar-refractivity contribution >= 4 is 5.91 Å². The topological polar surface area (TPSA) is 77.3 Å². The van der Waals surface area contributed by atoms with Crippen LogP contribution in [0.3, 0.4) is 0 Å². The summed E-state index contributed by atoms with van der Waals surface area (Å²) in [5.74, 6) is 1.08. The third kappa shape index (κ3) is 2.69. The Morgan fingerprint density at radius 2 is 2.17 bits per heavy atom. The molecule has 1 aromatic rings. The fraction of sp³-hybridized carbons (Fsp3) is 0.750. The van der Waals surface area contributed by atoms with E-state index in [0.717, 1.165) is 19.3 Å². The highest BCUT2D eigenvalue weighted by Gasteiger charge is 2.38. The second-order valence-electron chi connectivity index (χ2n) is 4.66. The molecule has 0 saturated carbocycles. The second-order valence-corrected chi connectivity index (χ2v) is 4.66. The highest BCUT2D eigenvalue weighted by atomic mass is 16.5. The molecule has 0 spiro atoms. The van der Waals surface area contributed by atoms with Crippen molar-refractivity contribution in [3.05, 3.63) is 11.7 Å². The zero-order chi connectivity index (χ0) is 13.0. The van der Waals surface area contributed by atoms with Gasteiger partial charge in [-0.15, -0.1) is 0 Å². The van der Waals surface area contributed by atoms with Gasteiger partial charge in [0.25, 0.3) is 0 Å². The second kappa shape index (κ2) is 5.48. The number of amides is 1. The van der Waals surface area contributed by atoms with Crippen LogP contribution >= 0.6 is 0 Å². The number of aromatic nitrogens is 2. The Kier molecular flexibility index (Phi) is 3.96. The van der Waals surface area contributed by atoms with Gasteiger partial charge in [0.15, 0.2) is 5.82 Å². The first-order valence-electron chi connectivity index (χ1n) is 6.31. The van der Waals surface area contributed by atoms with Crippen molar-refractivity contribution < 1.29 is 14.1 Å². The van der Waals surface area contributed by atoms with E-state index in [1.165, 1.54) is 0 Å². The molecule has 1 saturated heterocycles. The van der Waals surface area contributed by atoms with Gasteiger partial charge in [0.05, 0.1) is 12.0 Å². The predicted octanol–water partition coefficient (Wildman–Crippen LogP) is 1.20. The Bertz CT molecular complexity index is 410. The molecule has 1 N–H and O–H groups in total. The molecule has 0 bridgehead atoms. The molecule has 0 aromatic carbocycles. The van der Waals surface area contributed by atoms with Crippen LogP contribution in [0.4, 0.5) is 0 Å². The fourth-order valence-corrected chi connectivity index (χ4v) is 2.26. The summed E-state index contributed by atoms with van der Waals surface area (Å²) >= 11 is 0. The Labute approximate surface area is 106 Å². The van der Waals surface area contributed by atoms with E-state index in [9.17, 15) is 4.79 Å². The molecule has 18 heavy (non-hydrogen) atoms. The van der Waals surface area contributed by atoms with Gasteiger partial charge in [-0.3, -0.25) is 4.79 Å². The smallest absolute Gasteiger partial charge is 0.246 e. The van der Waals surface area contributed by atoms with Gasteiger partial charge in [-0.05, 0) is 26.2 Å². The molecule has 2 rings (SSSR count). The van der Waals surface area contributed by atoms with Gasteiger partial charge in [-0.2, -0.15) is 4.98 Å². The Balaban J connectivity index is 1.93. The molecule has 2 heterocycles.